The van der Waals surface area contributed by atoms with Crippen molar-refractivity contribution in [2.45, 2.75) is 17.5 Å². The van der Waals surface area contributed by atoms with Gasteiger partial charge in [0.25, 0.3) is 0 Å². The number of benzene rings is 2. The van der Waals surface area contributed by atoms with E-state index in [0.29, 0.717) is 11.3 Å². The molecule has 0 aliphatic heterocycles. The predicted octanol–water partition coefficient (Wildman–Crippen LogP) is 0.790. The molecule has 140 valence electrons. The minimum Gasteiger partial charge on any atom is -0.497 e. The molecule has 0 heterocycles. The van der Waals surface area contributed by atoms with Gasteiger partial charge in [-0.05, 0) is 42.0 Å². The summed E-state index contributed by atoms with van der Waals surface area (Å²) < 4.78 is 44.6. The molecule has 2 aromatic rings. The summed E-state index contributed by atoms with van der Waals surface area (Å²) in [4.78, 5) is 12.1. The van der Waals surface area contributed by atoms with Gasteiger partial charge in [0.2, 0.25) is 15.9 Å². The van der Waals surface area contributed by atoms with Gasteiger partial charge in [0.15, 0.2) is 0 Å². The molecule has 2 rings (SSSR count). The number of ether oxygens (including phenoxy) is 1. The molecule has 0 aliphatic carbocycles. The molecular formula is C17H19FN2O5S. The first kappa shape index (κ1) is 19.8. The van der Waals surface area contributed by atoms with Crippen molar-refractivity contribution in [3.8, 4) is 5.75 Å². The number of rotatable bonds is 8. The summed E-state index contributed by atoms with van der Waals surface area (Å²) in [5.74, 6) is -0.617. The van der Waals surface area contributed by atoms with Crippen molar-refractivity contribution in [3.63, 3.8) is 0 Å². The molecule has 1 unspecified atom stereocenters. The molecule has 0 aromatic heterocycles. The Morgan fingerprint density at radius 3 is 2.31 bits per heavy atom. The fourth-order valence-electron chi connectivity index (χ4n) is 2.10. The van der Waals surface area contributed by atoms with E-state index in [1.54, 1.807) is 0 Å². The predicted molar refractivity (Wildman–Crippen MR) is 92.4 cm³/mol. The number of sulfonamides is 1. The van der Waals surface area contributed by atoms with Crippen LogP contribution in [0.4, 0.5) is 4.39 Å². The number of methoxy groups -OCH3 is 1. The molecule has 0 aliphatic rings. The van der Waals surface area contributed by atoms with Crippen LogP contribution in [0.15, 0.2) is 53.4 Å². The molecule has 2 aromatic carbocycles. The van der Waals surface area contributed by atoms with E-state index in [2.05, 4.69) is 10.0 Å². The van der Waals surface area contributed by atoms with Crippen LogP contribution in [0.25, 0.3) is 0 Å². The van der Waals surface area contributed by atoms with Crippen LogP contribution in [0.1, 0.15) is 5.56 Å². The summed E-state index contributed by atoms with van der Waals surface area (Å²) in [6, 6.07) is 9.71. The van der Waals surface area contributed by atoms with E-state index in [9.17, 15) is 22.7 Å². The van der Waals surface area contributed by atoms with Crippen molar-refractivity contribution in [2.75, 3.05) is 13.7 Å². The molecule has 0 saturated carbocycles. The zero-order chi connectivity index (χ0) is 19.2. The first-order valence-electron chi connectivity index (χ1n) is 7.65. The van der Waals surface area contributed by atoms with E-state index in [1.165, 1.54) is 55.6 Å². The molecule has 1 amide bonds. The Balaban J connectivity index is 2.01. The maximum Gasteiger partial charge on any atom is 0.241 e. The summed E-state index contributed by atoms with van der Waals surface area (Å²) in [7, 11) is -2.55. The largest absolute Gasteiger partial charge is 0.497 e. The fraction of sp³-hybridized carbons (Fsp3) is 0.235. The topological polar surface area (TPSA) is 105 Å². The Labute approximate surface area is 150 Å². The minimum atomic E-state index is -4.01. The van der Waals surface area contributed by atoms with Crippen molar-refractivity contribution >= 4 is 15.9 Å². The number of halogens is 1. The van der Waals surface area contributed by atoms with Gasteiger partial charge in [-0.2, -0.15) is 4.72 Å². The summed E-state index contributed by atoms with van der Waals surface area (Å²) >= 11 is 0. The number of carbonyl (C=O) groups excluding carboxylic acids is 1. The molecule has 0 spiro atoms. The Morgan fingerprint density at radius 1 is 1.15 bits per heavy atom. The zero-order valence-corrected chi connectivity index (χ0v) is 14.8. The quantitative estimate of drug-likeness (QED) is 0.626. The maximum atomic E-state index is 12.9. The second kappa shape index (κ2) is 8.75. The summed E-state index contributed by atoms with van der Waals surface area (Å²) in [5.41, 5.74) is 0.634. The Hall–Kier alpha value is -2.49. The van der Waals surface area contributed by atoms with Crippen LogP contribution >= 0.6 is 0 Å². The lowest BCUT2D eigenvalue weighted by Crippen LogP contribution is -2.48. The highest BCUT2D eigenvalue weighted by Crippen LogP contribution is 2.15. The second-order valence-electron chi connectivity index (χ2n) is 5.38. The lowest BCUT2D eigenvalue weighted by Gasteiger charge is -2.16. The highest BCUT2D eigenvalue weighted by molar-refractivity contribution is 7.89. The summed E-state index contributed by atoms with van der Waals surface area (Å²) in [6.07, 6.45) is 0. The van der Waals surface area contributed by atoms with Crippen molar-refractivity contribution in [3.05, 3.63) is 59.9 Å². The Kier molecular flexibility index (Phi) is 6.67. The average molecular weight is 382 g/mol. The Bertz CT molecular complexity index is 838. The molecule has 26 heavy (non-hydrogen) atoms. The lowest BCUT2D eigenvalue weighted by atomic mass is 10.2. The van der Waals surface area contributed by atoms with Gasteiger partial charge in [-0.25, -0.2) is 12.8 Å². The number of hydrogen-bond donors (Lipinski definition) is 3. The monoisotopic (exact) mass is 382 g/mol. The van der Waals surface area contributed by atoms with Gasteiger partial charge in [0.05, 0.1) is 18.6 Å². The minimum absolute atomic E-state index is 0.0666. The van der Waals surface area contributed by atoms with Crippen molar-refractivity contribution < 1.29 is 27.4 Å². The van der Waals surface area contributed by atoms with Crippen LogP contribution in [-0.4, -0.2) is 39.2 Å². The molecular weight excluding hydrogens is 363 g/mol. The molecule has 7 nitrogen and oxygen atoms in total. The van der Waals surface area contributed by atoms with Gasteiger partial charge in [-0.15, -0.1) is 0 Å². The number of aliphatic hydroxyl groups is 1. The van der Waals surface area contributed by atoms with Crippen LogP contribution in [0.5, 0.6) is 5.75 Å². The van der Waals surface area contributed by atoms with E-state index in [0.717, 1.165) is 0 Å². The molecule has 0 fully saturated rings. The van der Waals surface area contributed by atoms with Crippen LogP contribution in [0, 0.1) is 5.82 Å². The number of amides is 1. The third-order valence-corrected chi connectivity index (χ3v) is 5.03. The number of hydrogen-bond acceptors (Lipinski definition) is 5. The van der Waals surface area contributed by atoms with Gasteiger partial charge in [0, 0.05) is 6.54 Å². The molecule has 3 N–H and O–H groups in total. The van der Waals surface area contributed by atoms with E-state index < -0.39 is 34.4 Å². The van der Waals surface area contributed by atoms with Crippen LogP contribution in [0.2, 0.25) is 0 Å². The maximum absolute atomic E-state index is 12.9. The lowest BCUT2D eigenvalue weighted by molar-refractivity contribution is -0.123. The van der Waals surface area contributed by atoms with Gasteiger partial charge >= 0.3 is 0 Å². The van der Waals surface area contributed by atoms with Crippen molar-refractivity contribution in [2.24, 2.45) is 0 Å². The van der Waals surface area contributed by atoms with Crippen LogP contribution in [-0.2, 0) is 21.4 Å². The second-order valence-corrected chi connectivity index (χ2v) is 7.09. The van der Waals surface area contributed by atoms with Gasteiger partial charge in [-0.1, -0.05) is 12.1 Å². The van der Waals surface area contributed by atoms with Gasteiger partial charge in [0.1, 0.15) is 17.6 Å². The average Bonchev–Trinajstić information content (AvgIpc) is 2.65. The van der Waals surface area contributed by atoms with E-state index >= 15 is 0 Å². The smallest absolute Gasteiger partial charge is 0.241 e. The SMILES string of the molecule is COc1ccc(S(=O)(=O)NC(CO)C(=O)NCc2ccc(F)cc2)cc1. The van der Waals surface area contributed by atoms with E-state index in [1.807, 2.05) is 0 Å². The molecule has 0 saturated heterocycles. The molecule has 0 radical (unpaired) electrons. The number of nitrogens with one attached hydrogen (secondary N) is 2. The number of aliphatic hydroxyl groups excluding tert-OH is 1. The van der Waals surface area contributed by atoms with Gasteiger partial charge in [-0.3, -0.25) is 4.79 Å². The standard InChI is InChI=1S/C17H19FN2O5S/c1-25-14-6-8-15(9-7-14)26(23,24)20-16(11-21)17(22)19-10-12-2-4-13(18)5-3-12/h2-9,16,20-21H,10-11H2,1H3,(H,19,22). The van der Waals surface area contributed by atoms with E-state index in [4.69, 9.17) is 4.74 Å². The fourth-order valence-corrected chi connectivity index (χ4v) is 3.29. The third kappa shape index (κ3) is 5.25. The van der Waals surface area contributed by atoms with Crippen LogP contribution < -0.4 is 14.8 Å². The third-order valence-electron chi connectivity index (χ3n) is 3.55. The highest BCUT2D eigenvalue weighted by Gasteiger charge is 2.25. The first-order valence-corrected chi connectivity index (χ1v) is 9.13. The Morgan fingerprint density at radius 2 is 1.77 bits per heavy atom. The van der Waals surface area contributed by atoms with E-state index in [-0.39, 0.29) is 11.4 Å². The van der Waals surface area contributed by atoms with Crippen molar-refractivity contribution in [1.29, 1.82) is 0 Å². The summed E-state index contributed by atoms with van der Waals surface area (Å²) in [6.45, 7) is -0.648. The van der Waals surface area contributed by atoms with Gasteiger partial charge < -0.3 is 15.2 Å². The highest BCUT2D eigenvalue weighted by atomic mass is 32.2. The van der Waals surface area contributed by atoms with Crippen molar-refractivity contribution in [1.82, 2.24) is 10.0 Å². The normalized spacial score (nSPS) is 12.4. The molecule has 1 atom stereocenters. The van der Waals surface area contributed by atoms with Crippen LogP contribution in [0.3, 0.4) is 0 Å². The zero-order valence-electron chi connectivity index (χ0n) is 14.0. The number of carbonyl (C=O) groups is 1. The summed E-state index contributed by atoms with van der Waals surface area (Å²) in [5, 5.41) is 11.9. The first-order chi connectivity index (χ1) is 12.4. The molecule has 9 heteroatoms. The molecule has 0 bridgehead atoms.